The Bertz CT molecular complexity index is 681. The number of hydrogen-bond donors (Lipinski definition) is 2. The first kappa shape index (κ1) is 18.0. The van der Waals surface area contributed by atoms with Crippen LogP contribution < -0.4 is 10.6 Å². The molecule has 0 spiro atoms. The van der Waals surface area contributed by atoms with Crippen LogP contribution in [0.5, 0.6) is 0 Å². The van der Waals surface area contributed by atoms with Crippen molar-refractivity contribution < 1.29 is 0 Å². The van der Waals surface area contributed by atoms with Crippen LogP contribution in [0.15, 0.2) is 30.3 Å². The summed E-state index contributed by atoms with van der Waals surface area (Å²) >= 11 is 6.04. The van der Waals surface area contributed by atoms with Gasteiger partial charge in [0, 0.05) is 29.4 Å². The third-order valence-electron chi connectivity index (χ3n) is 4.65. The van der Waals surface area contributed by atoms with E-state index in [-0.39, 0.29) is 0 Å². The zero-order valence-electron chi connectivity index (χ0n) is 14.9. The molecule has 2 aromatic rings. The molecule has 0 aliphatic heterocycles. The minimum Gasteiger partial charge on any atom is -0.370 e. The summed E-state index contributed by atoms with van der Waals surface area (Å²) in [6.45, 7) is 2.84. The lowest BCUT2D eigenvalue weighted by atomic mass is 10.1. The second kappa shape index (κ2) is 9.04. The molecule has 134 valence electrons. The molecule has 1 aromatic carbocycles. The van der Waals surface area contributed by atoms with Crippen molar-refractivity contribution in [2.24, 2.45) is 0 Å². The molecule has 0 radical (unpaired) electrons. The molecule has 0 unspecified atom stereocenters. The summed E-state index contributed by atoms with van der Waals surface area (Å²) in [5.41, 5.74) is 2.21. The average molecular weight is 359 g/mol. The predicted octanol–water partition coefficient (Wildman–Crippen LogP) is 5.23. The van der Waals surface area contributed by atoms with Gasteiger partial charge in [-0.1, -0.05) is 49.4 Å². The molecule has 1 saturated carbocycles. The fraction of sp³-hybridized carbons (Fsp3) is 0.500. The van der Waals surface area contributed by atoms with Crippen molar-refractivity contribution >= 4 is 23.4 Å². The quantitative estimate of drug-likeness (QED) is 0.694. The zero-order valence-corrected chi connectivity index (χ0v) is 15.6. The number of aryl methyl sites for hydroxylation is 1. The highest BCUT2D eigenvalue weighted by Crippen LogP contribution is 2.20. The van der Waals surface area contributed by atoms with E-state index < -0.39 is 0 Å². The number of nitrogens with zero attached hydrogens (tertiary/aromatic N) is 2. The molecule has 4 nitrogen and oxygen atoms in total. The third kappa shape index (κ3) is 5.89. The predicted molar refractivity (Wildman–Crippen MR) is 106 cm³/mol. The van der Waals surface area contributed by atoms with Crippen LogP contribution in [0.25, 0.3) is 0 Å². The monoisotopic (exact) mass is 358 g/mol. The van der Waals surface area contributed by atoms with Crippen LogP contribution in [0, 0.1) is 6.92 Å². The first-order valence-corrected chi connectivity index (χ1v) is 9.67. The first-order chi connectivity index (χ1) is 12.2. The molecule has 1 fully saturated rings. The van der Waals surface area contributed by atoms with Crippen LogP contribution in [0.3, 0.4) is 0 Å². The molecule has 1 aromatic heterocycles. The van der Waals surface area contributed by atoms with E-state index in [4.69, 9.17) is 11.6 Å². The molecule has 5 heteroatoms. The Morgan fingerprint density at radius 2 is 1.88 bits per heavy atom. The van der Waals surface area contributed by atoms with Crippen LogP contribution in [-0.4, -0.2) is 22.6 Å². The van der Waals surface area contributed by atoms with E-state index in [1.165, 1.54) is 44.1 Å². The summed E-state index contributed by atoms with van der Waals surface area (Å²) in [4.78, 5) is 9.20. The first-order valence-electron chi connectivity index (χ1n) is 9.29. The van der Waals surface area contributed by atoms with Crippen molar-refractivity contribution in [3.63, 3.8) is 0 Å². The lowest BCUT2D eigenvalue weighted by Crippen LogP contribution is -2.20. The van der Waals surface area contributed by atoms with Crippen molar-refractivity contribution in [2.45, 2.75) is 57.9 Å². The summed E-state index contributed by atoms with van der Waals surface area (Å²) in [6, 6.07) is 10.5. The second-order valence-electron chi connectivity index (χ2n) is 6.86. The van der Waals surface area contributed by atoms with E-state index in [1.807, 2.05) is 31.2 Å². The van der Waals surface area contributed by atoms with Crippen molar-refractivity contribution in [1.29, 1.82) is 0 Å². The molecule has 25 heavy (non-hydrogen) atoms. The molecule has 0 atom stereocenters. The van der Waals surface area contributed by atoms with Gasteiger partial charge in [-0.05, 0) is 43.9 Å². The van der Waals surface area contributed by atoms with Gasteiger partial charge >= 0.3 is 0 Å². The smallest absolute Gasteiger partial charge is 0.225 e. The van der Waals surface area contributed by atoms with E-state index in [0.717, 1.165) is 35.4 Å². The summed E-state index contributed by atoms with van der Waals surface area (Å²) in [6.07, 6.45) is 8.65. The Hall–Kier alpha value is -1.81. The van der Waals surface area contributed by atoms with E-state index in [9.17, 15) is 0 Å². The van der Waals surface area contributed by atoms with Crippen LogP contribution in [0.2, 0.25) is 5.02 Å². The van der Waals surface area contributed by atoms with Gasteiger partial charge in [-0.15, -0.1) is 0 Å². The number of nitrogens with one attached hydrogen (secondary N) is 2. The Kier molecular flexibility index (Phi) is 6.51. The normalized spacial score (nSPS) is 15.6. The lowest BCUT2D eigenvalue weighted by molar-refractivity contribution is 0.614. The molecule has 0 saturated heterocycles. The Morgan fingerprint density at radius 1 is 1.08 bits per heavy atom. The number of hydrogen-bond acceptors (Lipinski definition) is 4. The van der Waals surface area contributed by atoms with Crippen LogP contribution >= 0.6 is 11.6 Å². The Morgan fingerprint density at radius 3 is 2.64 bits per heavy atom. The molecule has 1 aliphatic carbocycles. The Labute approximate surface area is 155 Å². The highest BCUT2D eigenvalue weighted by Gasteiger charge is 2.13. The maximum atomic E-state index is 6.04. The fourth-order valence-corrected chi connectivity index (χ4v) is 3.57. The van der Waals surface area contributed by atoms with Crippen molar-refractivity contribution in [2.75, 3.05) is 17.2 Å². The van der Waals surface area contributed by atoms with E-state index >= 15 is 0 Å². The fourth-order valence-electron chi connectivity index (χ4n) is 3.36. The van der Waals surface area contributed by atoms with Gasteiger partial charge in [0.1, 0.15) is 5.82 Å². The van der Waals surface area contributed by atoms with Crippen molar-refractivity contribution in [3.8, 4) is 0 Å². The molecule has 0 amide bonds. The second-order valence-corrected chi connectivity index (χ2v) is 7.29. The lowest BCUT2D eigenvalue weighted by Gasteiger charge is -2.17. The highest BCUT2D eigenvalue weighted by molar-refractivity contribution is 6.30. The van der Waals surface area contributed by atoms with Crippen LogP contribution in [0.4, 0.5) is 11.8 Å². The van der Waals surface area contributed by atoms with Gasteiger partial charge < -0.3 is 10.6 Å². The van der Waals surface area contributed by atoms with Crippen LogP contribution in [-0.2, 0) is 6.42 Å². The van der Waals surface area contributed by atoms with E-state index in [2.05, 4.69) is 26.7 Å². The summed E-state index contributed by atoms with van der Waals surface area (Å²) in [5.74, 6) is 1.63. The standard InChI is InChI=1S/C20H27ClN4/c1-15-13-19(22-12-11-16-7-6-8-17(21)14-16)25-20(23-15)24-18-9-4-2-3-5-10-18/h6-8,13-14,18H,2-5,9-12H2,1H3,(H2,22,23,24,25). The number of aromatic nitrogens is 2. The molecular formula is C20H27ClN4. The van der Waals surface area contributed by atoms with Crippen molar-refractivity contribution in [1.82, 2.24) is 9.97 Å². The van der Waals surface area contributed by atoms with Gasteiger partial charge in [0.25, 0.3) is 0 Å². The molecule has 1 heterocycles. The van der Waals surface area contributed by atoms with Crippen molar-refractivity contribution in [3.05, 3.63) is 46.6 Å². The largest absolute Gasteiger partial charge is 0.370 e. The summed E-state index contributed by atoms with van der Waals surface area (Å²) < 4.78 is 0. The molecule has 3 rings (SSSR count). The highest BCUT2D eigenvalue weighted by atomic mass is 35.5. The molecule has 2 N–H and O–H groups in total. The molecule has 1 aliphatic rings. The topological polar surface area (TPSA) is 49.8 Å². The summed E-state index contributed by atoms with van der Waals surface area (Å²) in [5, 5.41) is 7.73. The minimum atomic E-state index is 0.503. The van der Waals surface area contributed by atoms with Gasteiger partial charge in [0.15, 0.2) is 0 Å². The summed E-state index contributed by atoms with van der Waals surface area (Å²) in [7, 11) is 0. The molecular weight excluding hydrogens is 332 g/mol. The van der Waals surface area contributed by atoms with Gasteiger partial charge in [0.05, 0.1) is 0 Å². The Balaban J connectivity index is 1.57. The number of halogens is 1. The number of rotatable bonds is 6. The van der Waals surface area contributed by atoms with Gasteiger partial charge in [-0.25, -0.2) is 4.98 Å². The van der Waals surface area contributed by atoms with Gasteiger partial charge in [-0.3, -0.25) is 0 Å². The number of anilines is 2. The van der Waals surface area contributed by atoms with E-state index in [1.54, 1.807) is 0 Å². The van der Waals surface area contributed by atoms with Gasteiger partial charge in [-0.2, -0.15) is 4.98 Å². The van der Waals surface area contributed by atoms with Crippen LogP contribution in [0.1, 0.15) is 49.8 Å². The van der Waals surface area contributed by atoms with E-state index in [0.29, 0.717) is 6.04 Å². The maximum Gasteiger partial charge on any atom is 0.225 e. The molecule has 0 bridgehead atoms. The zero-order chi connectivity index (χ0) is 17.5. The minimum absolute atomic E-state index is 0.503. The third-order valence-corrected chi connectivity index (χ3v) is 4.89. The van der Waals surface area contributed by atoms with Gasteiger partial charge in [0.2, 0.25) is 5.95 Å². The SMILES string of the molecule is Cc1cc(NCCc2cccc(Cl)c2)nc(NC2CCCCCC2)n1. The number of benzene rings is 1. The average Bonchev–Trinajstić information content (AvgIpc) is 2.83. The maximum absolute atomic E-state index is 6.04.